The van der Waals surface area contributed by atoms with E-state index < -0.39 is 10.0 Å². The van der Waals surface area contributed by atoms with Crippen LogP contribution in [0.3, 0.4) is 0 Å². The maximum atomic E-state index is 12.9. The molecule has 0 aliphatic carbocycles. The quantitative estimate of drug-likeness (QED) is 0.673. The first-order chi connectivity index (χ1) is 14.3. The second kappa shape index (κ2) is 9.38. The minimum Gasteiger partial charge on any atom is -0.495 e. The van der Waals surface area contributed by atoms with E-state index in [2.05, 4.69) is 4.90 Å². The summed E-state index contributed by atoms with van der Waals surface area (Å²) >= 11 is 0. The topological polar surface area (TPSA) is 70.2 Å². The van der Waals surface area contributed by atoms with E-state index in [0.29, 0.717) is 31.9 Å². The van der Waals surface area contributed by atoms with Gasteiger partial charge in [0, 0.05) is 26.2 Å². The fourth-order valence-electron chi connectivity index (χ4n) is 3.61. The number of carbonyl (C=O) groups excluding carboxylic acids is 1. The lowest BCUT2D eigenvalue weighted by atomic mass is 10.1. The van der Waals surface area contributed by atoms with Crippen LogP contribution in [0.2, 0.25) is 0 Å². The molecule has 0 atom stereocenters. The van der Waals surface area contributed by atoms with Gasteiger partial charge in [-0.2, -0.15) is 0 Å². The number of nitrogens with zero attached hydrogens (tertiary/aromatic N) is 3. The number of anilines is 2. The molecular formula is C22H29N3O4S. The molecule has 30 heavy (non-hydrogen) atoms. The van der Waals surface area contributed by atoms with E-state index in [1.807, 2.05) is 43.3 Å². The number of sulfonamides is 1. The number of carbonyl (C=O) groups is 1. The number of para-hydroxylation sites is 2. The van der Waals surface area contributed by atoms with Gasteiger partial charge in [0.25, 0.3) is 0 Å². The summed E-state index contributed by atoms with van der Waals surface area (Å²) in [7, 11) is -1.93. The van der Waals surface area contributed by atoms with Gasteiger partial charge in [-0.25, -0.2) is 8.42 Å². The van der Waals surface area contributed by atoms with Gasteiger partial charge < -0.3 is 14.5 Å². The van der Waals surface area contributed by atoms with Gasteiger partial charge in [-0.15, -0.1) is 0 Å². The van der Waals surface area contributed by atoms with Crippen molar-refractivity contribution >= 4 is 27.3 Å². The molecule has 1 heterocycles. The number of piperazine rings is 1. The lowest BCUT2D eigenvalue weighted by molar-refractivity contribution is -0.129. The van der Waals surface area contributed by atoms with E-state index in [-0.39, 0.29) is 12.5 Å². The monoisotopic (exact) mass is 431 g/mol. The fourth-order valence-corrected chi connectivity index (χ4v) is 4.46. The van der Waals surface area contributed by atoms with E-state index in [4.69, 9.17) is 4.74 Å². The second-order valence-corrected chi connectivity index (χ2v) is 9.24. The molecule has 8 heteroatoms. The van der Waals surface area contributed by atoms with Gasteiger partial charge in [0.15, 0.2) is 0 Å². The van der Waals surface area contributed by atoms with Crippen molar-refractivity contribution in [2.75, 3.05) is 55.3 Å². The lowest BCUT2D eigenvalue weighted by Crippen LogP contribution is -2.52. The number of hydrogen-bond donors (Lipinski definition) is 0. The second-order valence-electron chi connectivity index (χ2n) is 7.33. The zero-order valence-electron chi connectivity index (χ0n) is 17.7. The molecule has 3 rings (SSSR count). The van der Waals surface area contributed by atoms with E-state index in [1.165, 1.54) is 4.31 Å². The van der Waals surface area contributed by atoms with Crippen molar-refractivity contribution in [3.8, 4) is 5.75 Å². The van der Waals surface area contributed by atoms with E-state index in [0.717, 1.165) is 29.7 Å². The minimum absolute atomic E-state index is 0.195. The first kappa shape index (κ1) is 22.0. The van der Waals surface area contributed by atoms with Gasteiger partial charge in [0.05, 0.1) is 24.7 Å². The van der Waals surface area contributed by atoms with Gasteiger partial charge in [-0.3, -0.25) is 9.10 Å². The number of benzene rings is 2. The summed E-state index contributed by atoms with van der Waals surface area (Å²) in [6, 6.07) is 15.1. The van der Waals surface area contributed by atoms with Gasteiger partial charge >= 0.3 is 0 Å². The van der Waals surface area contributed by atoms with Crippen LogP contribution in [-0.4, -0.2) is 65.3 Å². The normalized spacial score (nSPS) is 14.5. The third-order valence-electron chi connectivity index (χ3n) is 5.37. The van der Waals surface area contributed by atoms with Crippen LogP contribution >= 0.6 is 0 Å². The molecule has 1 amide bonds. The molecule has 2 aromatic rings. The van der Waals surface area contributed by atoms with Crippen molar-refractivity contribution in [3.63, 3.8) is 0 Å². The predicted molar refractivity (Wildman–Crippen MR) is 120 cm³/mol. The van der Waals surface area contributed by atoms with Crippen molar-refractivity contribution < 1.29 is 17.9 Å². The predicted octanol–water partition coefficient (Wildman–Crippen LogP) is 2.37. The average molecular weight is 432 g/mol. The zero-order chi connectivity index (χ0) is 21.7. The molecule has 7 nitrogen and oxygen atoms in total. The highest BCUT2D eigenvalue weighted by Crippen LogP contribution is 2.28. The van der Waals surface area contributed by atoms with Gasteiger partial charge in [0.1, 0.15) is 12.3 Å². The molecule has 0 radical (unpaired) electrons. The number of aryl methyl sites for hydroxylation is 1. The van der Waals surface area contributed by atoms with Crippen LogP contribution in [-0.2, 0) is 21.2 Å². The summed E-state index contributed by atoms with van der Waals surface area (Å²) in [5.41, 5.74) is 2.63. The Labute approximate surface area is 178 Å². The number of hydrogen-bond acceptors (Lipinski definition) is 5. The van der Waals surface area contributed by atoms with Gasteiger partial charge in [-0.05, 0) is 36.2 Å². The van der Waals surface area contributed by atoms with Gasteiger partial charge in [0.2, 0.25) is 15.9 Å². The van der Waals surface area contributed by atoms with Crippen molar-refractivity contribution in [3.05, 3.63) is 54.1 Å². The Morgan fingerprint density at radius 1 is 1.03 bits per heavy atom. The summed E-state index contributed by atoms with van der Waals surface area (Å²) in [6.07, 6.45) is 2.00. The van der Waals surface area contributed by atoms with Crippen molar-refractivity contribution in [1.82, 2.24) is 4.90 Å². The largest absolute Gasteiger partial charge is 0.495 e. The Morgan fingerprint density at radius 3 is 2.23 bits per heavy atom. The number of methoxy groups -OCH3 is 1. The molecule has 1 fully saturated rings. The fraction of sp³-hybridized carbons (Fsp3) is 0.409. The maximum Gasteiger partial charge on any atom is 0.243 e. The smallest absolute Gasteiger partial charge is 0.243 e. The van der Waals surface area contributed by atoms with E-state index in [9.17, 15) is 13.2 Å². The summed E-state index contributed by atoms with van der Waals surface area (Å²) in [6.45, 7) is 4.23. The molecule has 0 unspecified atom stereocenters. The number of rotatable bonds is 7. The molecule has 1 aliphatic rings. The molecule has 0 N–H and O–H groups in total. The molecule has 0 saturated carbocycles. The van der Waals surface area contributed by atoms with Crippen LogP contribution in [0.15, 0.2) is 48.5 Å². The van der Waals surface area contributed by atoms with Crippen LogP contribution in [0.5, 0.6) is 5.75 Å². The van der Waals surface area contributed by atoms with Crippen molar-refractivity contribution in [2.45, 2.75) is 13.3 Å². The van der Waals surface area contributed by atoms with Crippen LogP contribution in [0.25, 0.3) is 0 Å². The molecule has 162 valence electrons. The van der Waals surface area contributed by atoms with Gasteiger partial charge in [-0.1, -0.05) is 31.2 Å². The highest BCUT2D eigenvalue weighted by molar-refractivity contribution is 7.92. The number of amides is 1. The maximum absolute atomic E-state index is 12.9. The van der Waals surface area contributed by atoms with Crippen molar-refractivity contribution in [2.24, 2.45) is 0 Å². The highest BCUT2D eigenvalue weighted by atomic mass is 32.2. The zero-order valence-corrected chi connectivity index (χ0v) is 18.6. The van der Waals surface area contributed by atoms with Crippen LogP contribution in [0.4, 0.5) is 11.4 Å². The summed E-state index contributed by atoms with van der Waals surface area (Å²) in [5.74, 6) is 0.607. The Kier molecular flexibility index (Phi) is 6.87. The molecule has 1 saturated heterocycles. The Morgan fingerprint density at radius 2 is 1.67 bits per heavy atom. The lowest BCUT2D eigenvalue weighted by Gasteiger charge is -2.37. The Hall–Kier alpha value is -2.74. The van der Waals surface area contributed by atoms with Crippen molar-refractivity contribution in [1.29, 1.82) is 0 Å². The summed E-state index contributed by atoms with van der Waals surface area (Å²) in [5, 5.41) is 0. The summed E-state index contributed by atoms with van der Waals surface area (Å²) < 4.78 is 31.3. The third-order valence-corrected chi connectivity index (χ3v) is 6.51. The molecular weight excluding hydrogens is 402 g/mol. The highest BCUT2D eigenvalue weighted by Gasteiger charge is 2.27. The SMILES string of the molecule is CCc1ccc(N(CC(=O)N2CCN(c3ccccc3OC)CC2)S(C)(=O)=O)cc1. The van der Waals surface area contributed by atoms with Crippen LogP contribution in [0.1, 0.15) is 12.5 Å². The first-order valence-electron chi connectivity index (χ1n) is 10.1. The Bertz CT molecular complexity index is 968. The molecule has 1 aliphatic heterocycles. The Balaban J connectivity index is 1.67. The number of ether oxygens (including phenoxy) is 1. The standard InChI is InChI=1S/C22H29N3O4S/c1-4-18-9-11-19(12-10-18)25(30(3,27)28)17-22(26)24-15-13-23(14-16-24)20-7-5-6-8-21(20)29-2/h5-12H,4,13-17H2,1-3H3. The van der Waals surface area contributed by atoms with Crippen LogP contribution < -0.4 is 13.9 Å². The van der Waals surface area contributed by atoms with E-state index >= 15 is 0 Å². The molecule has 0 aromatic heterocycles. The molecule has 0 spiro atoms. The first-order valence-corrected chi connectivity index (χ1v) is 11.9. The molecule has 0 bridgehead atoms. The third kappa shape index (κ3) is 5.05. The van der Waals surface area contributed by atoms with E-state index in [1.54, 1.807) is 24.1 Å². The molecule has 2 aromatic carbocycles. The average Bonchev–Trinajstić information content (AvgIpc) is 2.76. The minimum atomic E-state index is -3.58. The summed E-state index contributed by atoms with van der Waals surface area (Å²) in [4.78, 5) is 16.8. The van der Waals surface area contributed by atoms with Crippen LogP contribution in [0, 0.1) is 0 Å².